The summed E-state index contributed by atoms with van der Waals surface area (Å²) >= 11 is 0. The van der Waals surface area contributed by atoms with Crippen molar-refractivity contribution in [3.8, 4) is 0 Å². The van der Waals surface area contributed by atoms with E-state index in [4.69, 9.17) is 5.11 Å². The molecule has 1 aliphatic carbocycles. The Bertz CT molecular complexity index is 187. The molecule has 11 heavy (non-hydrogen) atoms. The number of carbonyl (C=O) groups excluding carboxylic acids is 2. The predicted octanol–water partition coefficient (Wildman–Crippen LogP) is -3.37. The summed E-state index contributed by atoms with van der Waals surface area (Å²) in [6.07, 6.45) is -1.47. The van der Waals surface area contributed by atoms with Crippen molar-refractivity contribution in [2.75, 3.05) is 0 Å². The predicted molar refractivity (Wildman–Crippen MR) is 27.7 cm³/mol. The van der Waals surface area contributed by atoms with Gasteiger partial charge in [0.05, 0.1) is 23.5 Å². The minimum absolute atomic E-state index is 0.308. The summed E-state index contributed by atoms with van der Waals surface area (Å²) in [7, 11) is 0. The lowest BCUT2D eigenvalue weighted by Crippen LogP contribution is -2.61. The fourth-order valence-corrected chi connectivity index (χ4v) is 1.16. The Morgan fingerprint density at radius 2 is 1.64 bits per heavy atom. The zero-order valence-electron chi connectivity index (χ0n) is 5.57. The first kappa shape index (κ1) is 8.00. The molecular weight excluding hydrogens is 152 g/mol. The normalized spacial score (nSPS) is 22.3. The Labute approximate surface area is 62.3 Å². The molecule has 0 atom stereocenters. The first-order chi connectivity index (χ1) is 4.99. The fourth-order valence-electron chi connectivity index (χ4n) is 1.16. The van der Waals surface area contributed by atoms with E-state index in [2.05, 4.69) is 0 Å². The van der Waals surface area contributed by atoms with Gasteiger partial charge in [-0.2, -0.15) is 0 Å². The van der Waals surface area contributed by atoms with Gasteiger partial charge in [-0.05, 0) is 12.8 Å². The highest BCUT2D eigenvalue weighted by Gasteiger charge is 2.46. The SMILES string of the molecule is O=C([O-])C1(C(=O)[O-])CC(O)C1. The molecule has 5 heteroatoms. The number of rotatable bonds is 2. The van der Waals surface area contributed by atoms with Gasteiger partial charge in [0.1, 0.15) is 0 Å². The van der Waals surface area contributed by atoms with Crippen LogP contribution >= 0.6 is 0 Å². The van der Waals surface area contributed by atoms with Crippen molar-refractivity contribution in [1.29, 1.82) is 0 Å². The van der Waals surface area contributed by atoms with Crippen LogP contribution in [0.5, 0.6) is 0 Å². The number of hydrogen-bond donors (Lipinski definition) is 1. The Balaban J connectivity index is 2.77. The van der Waals surface area contributed by atoms with Gasteiger partial charge in [0, 0.05) is 0 Å². The molecule has 0 radical (unpaired) electrons. The molecule has 0 bridgehead atoms. The molecular formula is C6H6O5-2. The Morgan fingerprint density at radius 1 is 1.27 bits per heavy atom. The van der Waals surface area contributed by atoms with Crippen molar-refractivity contribution in [1.82, 2.24) is 0 Å². The van der Waals surface area contributed by atoms with E-state index >= 15 is 0 Å². The second kappa shape index (κ2) is 2.20. The average Bonchev–Trinajstić information content (AvgIpc) is 1.78. The molecule has 0 aliphatic heterocycles. The van der Waals surface area contributed by atoms with Crippen LogP contribution < -0.4 is 10.2 Å². The second-order valence-electron chi connectivity index (χ2n) is 2.72. The lowest BCUT2D eigenvalue weighted by Gasteiger charge is -2.46. The smallest absolute Gasteiger partial charge is 0.0565 e. The van der Waals surface area contributed by atoms with Gasteiger partial charge in [0.25, 0.3) is 0 Å². The summed E-state index contributed by atoms with van der Waals surface area (Å²) in [4.78, 5) is 20.5. The molecule has 1 N–H and O–H groups in total. The van der Waals surface area contributed by atoms with Crippen molar-refractivity contribution in [2.45, 2.75) is 18.9 Å². The molecule has 1 rings (SSSR count). The molecule has 1 fully saturated rings. The van der Waals surface area contributed by atoms with E-state index in [-0.39, 0.29) is 12.8 Å². The van der Waals surface area contributed by atoms with Gasteiger partial charge < -0.3 is 24.9 Å². The number of aliphatic hydroxyl groups excluding tert-OH is 1. The lowest BCUT2D eigenvalue weighted by atomic mass is 9.67. The molecule has 62 valence electrons. The maximum Gasteiger partial charge on any atom is 0.0565 e. The molecule has 1 aliphatic rings. The maximum atomic E-state index is 10.2. The number of carboxylic acids is 2. The molecule has 1 saturated carbocycles. The highest BCUT2D eigenvalue weighted by atomic mass is 16.4. The largest absolute Gasteiger partial charge is 0.549 e. The van der Waals surface area contributed by atoms with Gasteiger partial charge in [-0.15, -0.1) is 0 Å². The zero-order chi connectivity index (χ0) is 8.65. The highest BCUT2D eigenvalue weighted by Crippen LogP contribution is 2.40. The average molecular weight is 158 g/mol. The molecule has 0 aromatic heterocycles. The lowest BCUT2D eigenvalue weighted by molar-refractivity contribution is -0.352. The molecule has 0 heterocycles. The topological polar surface area (TPSA) is 100 Å². The molecule has 0 aromatic rings. The van der Waals surface area contributed by atoms with Gasteiger partial charge in [0.2, 0.25) is 0 Å². The second-order valence-corrected chi connectivity index (χ2v) is 2.72. The Morgan fingerprint density at radius 3 is 1.73 bits per heavy atom. The van der Waals surface area contributed by atoms with Crippen LogP contribution in [0.15, 0.2) is 0 Å². The zero-order valence-corrected chi connectivity index (χ0v) is 5.57. The van der Waals surface area contributed by atoms with Crippen LogP contribution in [0.3, 0.4) is 0 Å². The first-order valence-electron chi connectivity index (χ1n) is 3.10. The molecule has 0 unspecified atom stereocenters. The van der Waals surface area contributed by atoms with Gasteiger partial charge in [-0.1, -0.05) is 0 Å². The summed E-state index contributed by atoms with van der Waals surface area (Å²) < 4.78 is 0. The third kappa shape index (κ3) is 0.970. The van der Waals surface area contributed by atoms with Crippen LogP contribution in [-0.4, -0.2) is 23.1 Å². The molecule has 5 nitrogen and oxygen atoms in total. The summed E-state index contributed by atoms with van der Waals surface area (Å²) in [5, 5.41) is 29.2. The number of aliphatic carboxylic acids is 2. The summed E-state index contributed by atoms with van der Waals surface area (Å²) in [5.74, 6) is -3.36. The van der Waals surface area contributed by atoms with Crippen molar-refractivity contribution < 1.29 is 24.9 Å². The van der Waals surface area contributed by atoms with E-state index in [1.807, 2.05) is 0 Å². The van der Waals surface area contributed by atoms with Crippen molar-refractivity contribution in [3.05, 3.63) is 0 Å². The Kier molecular flexibility index (Phi) is 1.60. The van der Waals surface area contributed by atoms with Gasteiger partial charge in [-0.25, -0.2) is 0 Å². The van der Waals surface area contributed by atoms with Crippen LogP contribution in [0.1, 0.15) is 12.8 Å². The van der Waals surface area contributed by atoms with Gasteiger partial charge >= 0.3 is 0 Å². The number of hydrogen-bond acceptors (Lipinski definition) is 5. The minimum atomic E-state index is -1.95. The quantitative estimate of drug-likeness (QED) is 0.423. The molecule has 0 saturated heterocycles. The first-order valence-corrected chi connectivity index (χ1v) is 3.10. The standard InChI is InChI=1S/C6H8O5/c7-3-1-6(2-3,4(8)9)5(10)11/h3,7H,1-2H2,(H,8,9)(H,10,11)/p-2. The van der Waals surface area contributed by atoms with Crippen molar-refractivity contribution >= 4 is 11.9 Å². The van der Waals surface area contributed by atoms with Crippen LogP contribution in [0, 0.1) is 5.41 Å². The van der Waals surface area contributed by atoms with Crippen LogP contribution in [-0.2, 0) is 9.59 Å². The van der Waals surface area contributed by atoms with E-state index in [1.165, 1.54) is 0 Å². The van der Waals surface area contributed by atoms with E-state index in [1.54, 1.807) is 0 Å². The van der Waals surface area contributed by atoms with Crippen molar-refractivity contribution in [3.63, 3.8) is 0 Å². The Hall–Kier alpha value is -1.10. The maximum absolute atomic E-state index is 10.2. The number of carboxylic acid groups (broad SMARTS) is 2. The number of aliphatic hydroxyl groups is 1. The van der Waals surface area contributed by atoms with E-state index in [0.29, 0.717) is 0 Å². The van der Waals surface area contributed by atoms with Crippen molar-refractivity contribution in [2.24, 2.45) is 5.41 Å². The van der Waals surface area contributed by atoms with Gasteiger partial charge in [0.15, 0.2) is 0 Å². The number of carbonyl (C=O) groups is 2. The molecule has 0 aromatic carbocycles. The van der Waals surface area contributed by atoms with Crippen LogP contribution in [0.25, 0.3) is 0 Å². The van der Waals surface area contributed by atoms with Gasteiger partial charge in [-0.3, -0.25) is 0 Å². The molecule has 0 amide bonds. The monoisotopic (exact) mass is 158 g/mol. The van der Waals surface area contributed by atoms with E-state index < -0.39 is 23.5 Å². The fraction of sp³-hybridized carbons (Fsp3) is 0.667. The summed E-state index contributed by atoms with van der Waals surface area (Å²) in [5.41, 5.74) is -1.95. The third-order valence-electron chi connectivity index (χ3n) is 1.95. The summed E-state index contributed by atoms with van der Waals surface area (Å²) in [6, 6.07) is 0. The third-order valence-corrected chi connectivity index (χ3v) is 1.95. The minimum Gasteiger partial charge on any atom is -0.549 e. The van der Waals surface area contributed by atoms with Crippen LogP contribution in [0.4, 0.5) is 0 Å². The highest BCUT2D eigenvalue weighted by molar-refractivity contribution is 5.97. The van der Waals surface area contributed by atoms with E-state index in [9.17, 15) is 19.8 Å². The summed E-state index contributed by atoms with van der Waals surface area (Å²) in [6.45, 7) is 0. The molecule has 0 spiro atoms. The van der Waals surface area contributed by atoms with E-state index in [0.717, 1.165) is 0 Å². The van der Waals surface area contributed by atoms with Crippen LogP contribution in [0.2, 0.25) is 0 Å².